The molecule has 4 aromatic heterocycles. The Morgan fingerprint density at radius 3 is 2.70 bits per heavy atom. The zero-order valence-electron chi connectivity index (χ0n) is 20.6. The van der Waals surface area contributed by atoms with E-state index in [0.29, 0.717) is 34.3 Å². The summed E-state index contributed by atoms with van der Waals surface area (Å²) < 4.78 is 27.7. The quantitative estimate of drug-likeness (QED) is 0.354. The van der Waals surface area contributed by atoms with Crippen LogP contribution in [0.15, 0.2) is 48.8 Å². The Bertz CT molecular complexity index is 1570. The minimum absolute atomic E-state index is 0.434. The van der Waals surface area contributed by atoms with Crippen LogP contribution in [0.25, 0.3) is 33.5 Å². The number of rotatable bonds is 6. The first kappa shape index (κ1) is 23.3. The van der Waals surface area contributed by atoms with Gasteiger partial charge in [0.2, 0.25) is 5.95 Å². The summed E-state index contributed by atoms with van der Waals surface area (Å²) in [6.07, 6.45) is 1.07. The third-order valence-electron chi connectivity index (χ3n) is 6.78. The van der Waals surface area contributed by atoms with Crippen LogP contribution in [-0.4, -0.2) is 74.0 Å². The van der Waals surface area contributed by atoms with E-state index in [1.54, 1.807) is 19.2 Å². The molecule has 0 aliphatic carbocycles. The summed E-state index contributed by atoms with van der Waals surface area (Å²) in [5.41, 5.74) is 5.19. The first-order chi connectivity index (χ1) is 17.9. The van der Waals surface area contributed by atoms with E-state index < -0.39 is 13.0 Å². The third-order valence-corrected chi connectivity index (χ3v) is 6.78. The maximum absolute atomic E-state index is 13.1. The number of alkyl halides is 2. The van der Waals surface area contributed by atoms with Crippen LogP contribution in [0.5, 0.6) is 0 Å². The van der Waals surface area contributed by atoms with Crippen LogP contribution in [0.1, 0.15) is 5.82 Å². The predicted molar refractivity (Wildman–Crippen MR) is 141 cm³/mol. The van der Waals surface area contributed by atoms with Gasteiger partial charge < -0.3 is 24.7 Å². The van der Waals surface area contributed by atoms with E-state index in [9.17, 15) is 8.78 Å². The fraction of sp³-hybridized carbons (Fsp3) is 0.308. The summed E-state index contributed by atoms with van der Waals surface area (Å²) in [5.74, 6) is 0.986. The number of aromatic nitrogens is 6. The molecule has 0 spiro atoms. The summed E-state index contributed by atoms with van der Waals surface area (Å²) >= 11 is 0. The Balaban J connectivity index is 1.26. The molecular formula is C26H27F2N9. The van der Waals surface area contributed by atoms with Gasteiger partial charge >= 0.3 is 0 Å². The van der Waals surface area contributed by atoms with Gasteiger partial charge in [0.1, 0.15) is 17.0 Å². The Kier molecular flexibility index (Phi) is 5.91. The van der Waals surface area contributed by atoms with E-state index in [2.05, 4.69) is 59.2 Å². The van der Waals surface area contributed by atoms with Crippen LogP contribution in [0.4, 0.5) is 26.1 Å². The molecule has 0 bridgehead atoms. The normalized spacial score (nSPS) is 14.8. The molecule has 11 heteroatoms. The van der Waals surface area contributed by atoms with Crippen molar-refractivity contribution in [2.75, 3.05) is 43.4 Å². The van der Waals surface area contributed by atoms with Crippen LogP contribution in [0, 0.1) is 6.92 Å². The van der Waals surface area contributed by atoms with Crippen molar-refractivity contribution >= 4 is 39.5 Å². The molecule has 1 aromatic carbocycles. The number of imidazole rings is 1. The van der Waals surface area contributed by atoms with Crippen molar-refractivity contribution in [2.45, 2.75) is 19.9 Å². The summed E-state index contributed by atoms with van der Waals surface area (Å²) in [6.45, 7) is 5.34. The molecule has 1 aliphatic rings. The van der Waals surface area contributed by atoms with E-state index >= 15 is 0 Å². The lowest BCUT2D eigenvalue weighted by Gasteiger charge is -2.34. The van der Waals surface area contributed by atoms with Gasteiger partial charge in [-0.2, -0.15) is 4.98 Å². The highest BCUT2D eigenvalue weighted by Gasteiger charge is 2.17. The van der Waals surface area contributed by atoms with Crippen LogP contribution < -0.4 is 10.2 Å². The molecule has 0 saturated carbocycles. The largest absolute Gasteiger partial charge is 0.369 e. The van der Waals surface area contributed by atoms with Gasteiger partial charge in [-0.1, -0.05) is 6.07 Å². The van der Waals surface area contributed by atoms with Crippen molar-refractivity contribution in [3.63, 3.8) is 0 Å². The molecule has 5 aromatic rings. The van der Waals surface area contributed by atoms with Gasteiger partial charge in [-0.25, -0.2) is 23.7 Å². The summed E-state index contributed by atoms with van der Waals surface area (Å²) in [7, 11) is 2.15. The molecule has 0 unspecified atom stereocenters. The maximum Gasteiger partial charge on any atom is 0.256 e. The number of pyridine rings is 1. The minimum atomic E-state index is -2.49. The molecule has 2 N–H and O–H groups in total. The molecule has 37 heavy (non-hydrogen) atoms. The number of H-pyrrole nitrogens is 1. The highest BCUT2D eigenvalue weighted by Crippen LogP contribution is 2.29. The Hall–Kier alpha value is -4.12. The van der Waals surface area contributed by atoms with Crippen LogP contribution in [-0.2, 0) is 6.54 Å². The average molecular weight is 504 g/mol. The molecular weight excluding hydrogens is 476 g/mol. The molecule has 6 rings (SSSR count). The van der Waals surface area contributed by atoms with Crippen molar-refractivity contribution in [3.05, 3.63) is 54.6 Å². The van der Waals surface area contributed by atoms with Gasteiger partial charge in [0.15, 0.2) is 5.65 Å². The van der Waals surface area contributed by atoms with Gasteiger partial charge in [-0.05, 0) is 44.3 Å². The number of piperazine rings is 1. The molecule has 9 nitrogen and oxygen atoms in total. The fourth-order valence-electron chi connectivity index (χ4n) is 4.77. The van der Waals surface area contributed by atoms with E-state index in [1.807, 2.05) is 24.4 Å². The highest BCUT2D eigenvalue weighted by molar-refractivity contribution is 5.93. The van der Waals surface area contributed by atoms with Crippen molar-refractivity contribution < 1.29 is 8.78 Å². The Morgan fingerprint density at radius 2 is 1.89 bits per heavy atom. The topological polar surface area (TPSA) is 90.8 Å². The zero-order chi connectivity index (χ0) is 25.5. The number of benzene rings is 1. The predicted octanol–water partition coefficient (Wildman–Crippen LogP) is 4.44. The lowest BCUT2D eigenvalue weighted by atomic mass is 10.1. The third kappa shape index (κ3) is 4.57. The standard InChI is InChI=1S/C26H27F2N9/c1-16-31-22-7-6-21(33-25(22)37(16)15-23(27)28)19-13-29-24-20(19)14-30-26(34-24)32-17-4-3-5-18(12-17)36-10-8-35(2)9-11-36/h3-7,12-14,23H,8-11,15H2,1-2H3,(H2,29,30,32,34). The number of likely N-dealkylation sites (N-methyl/N-ethyl adjacent to an activating group) is 1. The monoisotopic (exact) mass is 503 g/mol. The van der Waals surface area contributed by atoms with Crippen molar-refractivity contribution in [1.82, 2.24) is 34.4 Å². The van der Waals surface area contributed by atoms with Crippen LogP contribution in [0.2, 0.25) is 0 Å². The Morgan fingerprint density at radius 1 is 1.05 bits per heavy atom. The number of hydrogen-bond donors (Lipinski definition) is 2. The molecule has 1 fully saturated rings. The lowest BCUT2D eigenvalue weighted by Crippen LogP contribution is -2.44. The second-order valence-corrected chi connectivity index (χ2v) is 9.32. The van der Waals surface area contributed by atoms with E-state index in [1.165, 1.54) is 10.3 Å². The van der Waals surface area contributed by atoms with Gasteiger partial charge in [0, 0.05) is 60.9 Å². The lowest BCUT2D eigenvalue weighted by molar-refractivity contribution is 0.127. The number of anilines is 3. The molecule has 1 aliphatic heterocycles. The van der Waals surface area contributed by atoms with E-state index in [0.717, 1.165) is 42.8 Å². The average Bonchev–Trinajstić information content (AvgIpc) is 3.44. The number of halogens is 2. The molecule has 190 valence electrons. The number of fused-ring (bicyclic) bond motifs is 2. The number of nitrogens with one attached hydrogen (secondary N) is 2. The minimum Gasteiger partial charge on any atom is -0.369 e. The van der Waals surface area contributed by atoms with Gasteiger partial charge in [0.05, 0.1) is 12.2 Å². The first-order valence-electron chi connectivity index (χ1n) is 12.2. The second-order valence-electron chi connectivity index (χ2n) is 9.32. The van der Waals surface area contributed by atoms with Crippen LogP contribution >= 0.6 is 0 Å². The van der Waals surface area contributed by atoms with Crippen molar-refractivity contribution in [2.24, 2.45) is 0 Å². The fourth-order valence-corrected chi connectivity index (χ4v) is 4.77. The molecule has 5 heterocycles. The summed E-state index contributed by atoms with van der Waals surface area (Å²) in [6, 6.07) is 11.9. The second kappa shape index (κ2) is 9.40. The van der Waals surface area contributed by atoms with Gasteiger partial charge in [-0.3, -0.25) is 0 Å². The molecule has 1 saturated heterocycles. The van der Waals surface area contributed by atoms with E-state index in [4.69, 9.17) is 0 Å². The molecule has 0 amide bonds. The summed E-state index contributed by atoms with van der Waals surface area (Å²) in [4.78, 5) is 26.1. The first-order valence-corrected chi connectivity index (χ1v) is 12.2. The Labute approximate surface area is 212 Å². The number of aryl methyl sites for hydroxylation is 1. The number of hydrogen-bond acceptors (Lipinski definition) is 7. The highest BCUT2D eigenvalue weighted by atomic mass is 19.3. The number of nitrogens with zero attached hydrogens (tertiary/aromatic N) is 7. The zero-order valence-corrected chi connectivity index (χ0v) is 20.6. The molecule has 0 radical (unpaired) electrons. The van der Waals surface area contributed by atoms with E-state index in [-0.39, 0.29) is 0 Å². The number of aromatic amines is 1. The smallest absolute Gasteiger partial charge is 0.256 e. The SMILES string of the molecule is Cc1nc2ccc(-c3c[nH]c4nc(Nc5cccc(N6CCN(C)CC6)c5)ncc34)nc2n1CC(F)F. The van der Waals surface area contributed by atoms with Gasteiger partial charge in [0.25, 0.3) is 6.43 Å². The van der Waals surface area contributed by atoms with Crippen molar-refractivity contribution in [1.29, 1.82) is 0 Å². The molecule has 0 atom stereocenters. The van der Waals surface area contributed by atoms with Gasteiger partial charge in [-0.15, -0.1) is 0 Å². The van der Waals surface area contributed by atoms with Crippen molar-refractivity contribution in [3.8, 4) is 11.3 Å². The summed E-state index contributed by atoms with van der Waals surface area (Å²) in [5, 5.41) is 4.10. The van der Waals surface area contributed by atoms with Crippen LogP contribution in [0.3, 0.4) is 0 Å². The maximum atomic E-state index is 13.1.